The van der Waals surface area contributed by atoms with E-state index in [9.17, 15) is 0 Å². The van der Waals surface area contributed by atoms with Gasteiger partial charge in [-0.15, -0.1) is 5.11 Å². The molecular weight excluding hydrogens is 281 g/mol. The van der Waals surface area contributed by atoms with E-state index in [1.807, 2.05) is 24.3 Å². The zero-order chi connectivity index (χ0) is 13.7. The lowest BCUT2D eigenvalue weighted by molar-refractivity contribution is 1.20. The summed E-state index contributed by atoms with van der Waals surface area (Å²) in [5.74, 6) is 0. The summed E-state index contributed by atoms with van der Waals surface area (Å²) in [6.45, 7) is 2.94. The van der Waals surface area contributed by atoms with Gasteiger partial charge in [-0.25, -0.2) is 0 Å². The molecule has 2 aromatic rings. The lowest BCUT2D eigenvalue weighted by Gasteiger charge is -2.02. The molecule has 0 spiro atoms. The number of nitrogens with one attached hydrogen (secondary N) is 1. The predicted molar refractivity (Wildman–Crippen MR) is 81.2 cm³/mol. The van der Waals surface area contributed by atoms with Gasteiger partial charge in [-0.1, -0.05) is 23.2 Å². The van der Waals surface area contributed by atoms with Crippen LogP contribution in [0.2, 0.25) is 10.0 Å². The highest BCUT2D eigenvalue weighted by atomic mass is 35.5. The van der Waals surface area contributed by atoms with Crippen LogP contribution in [0.15, 0.2) is 52.7 Å². The zero-order valence-electron chi connectivity index (χ0n) is 10.4. The summed E-state index contributed by atoms with van der Waals surface area (Å²) in [4.78, 5) is 0. The van der Waals surface area contributed by atoms with E-state index in [1.165, 1.54) is 0 Å². The normalized spacial score (nSPS) is 10.9. The highest BCUT2D eigenvalue weighted by Crippen LogP contribution is 2.29. The Hall–Kier alpha value is -1.58. The number of hydrogen-bond acceptors (Lipinski definition) is 3. The monoisotopic (exact) mass is 293 g/mol. The van der Waals surface area contributed by atoms with Crippen LogP contribution in [0.1, 0.15) is 6.92 Å². The van der Waals surface area contributed by atoms with Gasteiger partial charge < -0.3 is 5.32 Å². The Bertz CT molecular complexity index is 580. The van der Waals surface area contributed by atoms with Crippen LogP contribution in [0, 0.1) is 0 Å². The highest BCUT2D eigenvalue weighted by Gasteiger charge is 1.99. The van der Waals surface area contributed by atoms with Crippen molar-refractivity contribution in [1.82, 2.24) is 0 Å². The maximum absolute atomic E-state index is 6.01. The first-order valence-corrected chi connectivity index (χ1v) is 6.65. The van der Waals surface area contributed by atoms with Gasteiger partial charge in [0.1, 0.15) is 5.69 Å². The van der Waals surface area contributed by atoms with Crippen molar-refractivity contribution in [2.45, 2.75) is 6.92 Å². The van der Waals surface area contributed by atoms with Gasteiger partial charge in [-0.05, 0) is 49.4 Å². The minimum atomic E-state index is 0.525. The third kappa shape index (κ3) is 3.94. The Morgan fingerprint density at radius 1 is 1.00 bits per heavy atom. The third-order valence-electron chi connectivity index (χ3n) is 2.43. The van der Waals surface area contributed by atoms with Gasteiger partial charge in [0, 0.05) is 17.3 Å². The van der Waals surface area contributed by atoms with Crippen LogP contribution >= 0.6 is 23.2 Å². The minimum absolute atomic E-state index is 0.525. The molecule has 0 bridgehead atoms. The molecule has 1 N–H and O–H groups in total. The highest BCUT2D eigenvalue weighted by molar-refractivity contribution is 6.35. The molecule has 0 aliphatic heterocycles. The van der Waals surface area contributed by atoms with E-state index in [2.05, 4.69) is 22.5 Å². The van der Waals surface area contributed by atoms with Crippen LogP contribution in [0.3, 0.4) is 0 Å². The second-order valence-corrected chi connectivity index (χ2v) is 4.72. The van der Waals surface area contributed by atoms with E-state index < -0.39 is 0 Å². The van der Waals surface area contributed by atoms with Crippen molar-refractivity contribution in [3.63, 3.8) is 0 Å². The summed E-state index contributed by atoms with van der Waals surface area (Å²) in [6.07, 6.45) is 0. The maximum atomic E-state index is 6.01. The van der Waals surface area contributed by atoms with Crippen molar-refractivity contribution in [3.8, 4) is 0 Å². The van der Waals surface area contributed by atoms with Crippen LogP contribution in [-0.2, 0) is 0 Å². The van der Waals surface area contributed by atoms with Crippen LogP contribution in [0.25, 0.3) is 0 Å². The Balaban J connectivity index is 2.15. The largest absolute Gasteiger partial charge is 0.385 e. The molecule has 2 rings (SSSR count). The molecule has 0 amide bonds. The topological polar surface area (TPSA) is 36.8 Å². The SMILES string of the molecule is CCNc1ccc(N=Nc2cc(Cl)ccc2Cl)cc1. The summed E-state index contributed by atoms with van der Waals surface area (Å²) in [5, 5.41) is 12.6. The first kappa shape index (κ1) is 13.8. The van der Waals surface area contributed by atoms with E-state index >= 15 is 0 Å². The smallest absolute Gasteiger partial charge is 0.106 e. The first-order valence-electron chi connectivity index (χ1n) is 5.90. The van der Waals surface area contributed by atoms with Crippen molar-refractivity contribution >= 4 is 40.3 Å². The fourth-order valence-electron chi connectivity index (χ4n) is 1.52. The summed E-state index contributed by atoms with van der Waals surface area (Å²) in [6, 6.07) is 12.8. The number of azo groups is 1. The van der Waals surface area contributed by atoms with Crippen LogP contribution in [0.5, 0.6) is 0 Å². The minimum Gasteiger partial charge on any atom is -0.385 e. The lowest BCUT2D eigenvalue weighted by atomic mass is 10.3. The quantitative estimate of drug-likeness (QED) is 0.706. The van der Waals surface area contributed by atoms with Crippen LogP contribution in [-0.4, -0.2) is 6.54 Å². The Morgan fingerprint density at radius 2 is 1.74 bits per heavy atom. The summed E-state index contributed by atoms with van der Waals surface area (Å²) in [7, 11) is 0. The van der Waals surface area contributed by atoms with E-state index in [1.54, 1.807) is 18.2 Å². The molecule has 0 aliphatic carbocycles. The number of hydrogen-bond donors (Lipinski definition) is 1. The first-order chi connectivity index (χ1) is 9.19. The van der Waals surface area contributed by atoms with E-state index in [-0.39, 0.29) is 0 Å². The molecule has 98 valence electrons. The average Bonchev–Trinajstić information content (AvgIpc) is 2.42. The molecule has 5 heteroatoms. The molecule has 0 fully saturated rings. The number of rotatable bonds is 4. The molecule has 2 aromatic carbocycles. The molecule has 0 aromatic heterocycles. The van der Waals surface area contributed by atoms with Gasteiger partial charge in [-0.3, -0.25) is 0 Å². The van der Waals surface area contributed by atoms with E-state index in [0.717, 1.165) is 17.9 Å². The number of halogens is 2. The van der Waals surface area contributed by atoms with Gasteiger partial charge in [0.25, 0.3) is 0 Å². The van der Waals surface area contributed by atoms with E-state index in [4.69, 9.17) is 23.2 Å². The lowest BCUT2D eigenvalue weighted by Crippen LogP contribution is -1.94. The summed E-state index contributed by atoms with van der Waals surface area (Å²) in [5.41, 5.74) is 2.38. The molecule has 3 nitrogen and oxygen atoms in total. The molecule has 19 heavy (non-hydrogen) atoms. The fraction of sp³-hybridized carbons (Fsp3) is 0.143. The van der Waals surface area contributed by atoms with Gasteiger partial charge in [0.2, 0.25) is 0 Å². The molecule has 0 unspecified atom stereocenters. The van der Waals surface area contributed by atoms with Gasteiger partial charge in [-0.2, -0.15) is 5.11 Å². The van der Waals surface area contributed by atoms with Gasteiger partial charge in [0.15, 0.2) is 0 Å². The van der Waals surface area contributed by atoms with Gasteiger partial charge in [0.05, 0.1) is 10.7 Å². The van der Waals surface area contributed by atoms with Crippen molar-refractivity contribution in [1.29, 1.82) is 0 Å². The van der Waals surface area contributed by atoms with Crippen molar-refractivity contribution in [2.24, 2.45) is 10.2 Å². The third-order valence-corrected chi connectivity index (χ3v) is 2.98. The second kappa shape index (κ2) is 6.55. The van der Waals surface area contributed by atoms with E-state index in [0.29, 0.717) is 15.7 Å². The van der Waals surface area contributed by atoms with Crippen molar-refractivity contribution in [2.75, 3.05) is 11.9 Å². The molecule has 0 radical (unpaired) electrons. The zero-order valence-corrected chi connectivity index (χ0v) is 11.9. The molecular formula is C14H13Cl2N3. The Kier molecular flexibility index (Phi) is 4.77. The Morgan fingerprint density at radius 3 is 2.42 bits per heavy atom. The van der Waals surface area contributed by atoms with Crippen LogP contribution in [0.4, 0.5) is 17.1 Å². The van der Waals surface area contributed by atoms with Crippen molar-refractivity contribution in [3.05, 3.63) is 52.5 Å². The average molecular weight is 294 g/mol. The number of anilines is 1. The Labute approximate surface area is 122 Å². The van der Waals surface area contributed by atoms with Crippen LogP contribution < -0.4 is 5.32 Å². The number of benzene rings is 2. The molecule has 0 heterocycles. The second-order valence-electron chi connectivity index (χ2n) is 3.87. The molecule has 0 saturated carbocycles. The molecule has 0 saturated heterocycles. The van der Waals surface area contributed by atoms with Crippen molar-refractivity contribution < 1.29 is 0 Å². The summed E-state index contributed by atoms with van der Waals surface area (Å²) < 4.78 is 0. The molecule has 0 atom stereocenters. The molecule has 0 aliphatic rings. The fourth-order valence-corrected chi connectivity index (χ4v) is 1.85. The predicted octanol–water partition coefficient (Wildman–Crippen LogP) is 5.84. The standard InChI is InChI=1S/C14H13Cl2N3/c1-2-17-11-4-6-12(7-5-11)18-19-14-9-10(15)3-8-13(14)16/h3-9,17H,2H2,1H3. The maximum Gasteiger partial charge on any atom is 0.106 e. The summed E-state index contributed by atoms with van der Waals surface area (Å²) >= 11 is 11.9. The van der Waals surface area contributed by atoms with Gasteiger partial charge >= 0.3 is 0 Å². The number of nitrogens with zero attached hydrogens (tertiary/aromatic N) is 2.